The summed E-state index contributed by atoms with van der Waals surface area (Å²) in [7, 11) is 2.04. The lowest BCUT2D eigenvalue weighted by Gasteiger charge is -2.14. The highest BCUT2D eigenvalue weighted by Gasteiger charge is 2.09. The van der Waals surface area contributed by atoms with Crippen LogP contribution in [-0.2, 0) is 7.05 Å². The summed E-state index contributed by atoms with van der Waals surface area (Å²) in [6.07, 6.45) is 0. The van der Waals surface area contributed by atoms with Gasteiger partial charge in [-0.1, -0.05) is 30.4 Å². The number of aromatic nitrogens is 2. The first kappa shape index (κ1) is 9.48. The van der Waals surface area contributed by atoms with Crippen molar-refractivity contribution in [1.82, 2.24) is 9.55 Å². The van der Waals surface area contributed by atoms with E-state index in [1.54, 1.807) is 0 Å². The Kier molecular flexibility index (Phi) is 2.01. The van der Waals surface area contributed by atoms with Crippen LogP contribution < -0.4 is 0 Å². The number of hydrogen-bond donors (Lipinski definition) is 0. The molecule has 0 aromatic heterocycles. The minimum Gasteiger partial charge on any atom is -0.341 e. The molecule has 0 atom stereocenters. The first-order valence-electron chi connectivity index (χ1n) is 5.12. The number of benzene rings is 2. The average Bonchev–Trinajstić information content (AvgIpc) is 2.31. The lowest BCUT2D eigenvalue weighted by Crippen LogP contribution is -2.02. The largest absolute Gasteiger partial charge is 0.341 e. The van der Waals surface area contributed by atoms with E-state index in [1.165, 1.54) is 0 Å². The van der Waals surface area contributed by atoms with Gasteiger partial charge in [0.05, 0.1) is 21.2 Å². The minimum absolute atomic E-state index is 0.804. The van der Waals surface area contributed by atoms with Crippen LogP contribution in [0.4, 0.5) is 0 Å². The lowest BCUT2D eigenvalue weighted by atomic mass is 10.2. The van der Waals surface area contributed by atoms with E-state index in [1.807, 2.05) is 43.4 Å². The minimum atomic E-state index is 0.804. The van der Waals surface area contributed by atoms with Crippen LogP contribution >= 0.6 is 12.2 Å². The predicted octanol–water partition coefficient (Wildman–Crippen LogP) is 3.41. The van der Waals surface area contributed by atoms with E-state index < -0.39 is 0 Å². The van der Waals surface area contributed by atoms with Gasteiger partial charge in [0.2, 0.25) is 0 Å². The van der Waals surface area contributed by atoms with Gasteiger partial charge in [-0.2, -0.15) is 0 Å². The van der Waals surface area contributed by atoms with Crippen molar-refractivity contribution in [2.75, 3.05) is 0 Å². The summed E-state index contributed by atoms with van der Waals surface area (Å²) in [5.74, 6) is 0. The van der Waals surface area contributed by atoms with Crippen molar-refractivity contribution in [3.05, 3.63) is 47.0 Å². The van der Waals surface area contributed by atoms with Gasteiger partial charge in [-0.05, 0) is 24.3 Å². The van der Waals surface area contributed by atoms with Crippen LogP contribution in [0.1, 0.15) is 0 Å². The number of aryl methyl sites for hydroxylation is 1. The molecule has 0 N–H and O–H groups in total. The third-order valence-electron chi connectivity index (χ3n) is 2.81. The second-order valence-corrected chi connectivity index (χ2v) is 4.22. The van der Waals surface area contributed by atoms with Crippen molar-refractivity contribution in [2.24, 2.45) is 7.05 Å². The molecule has 1 aromatic rings. The quantitative estimate of drug-likeness (QED) is 0.432. The molecule has 0 saturated carbocycles. The first-order chi connectivity index (χ1) is 7.77. The zero-order valence-electron chi connectivity index (χ0n) is 8.84. The van der Waals surface area contributed by atoms with Gasteiger partial charge in [-0.25, -0.2) is 4.98 Å². The number of fused-ring (bicyclic) bond motifs is 2. The monoisotopic (exact) mass is 226 g/mol. The Morgan fingerprint density at radius 3 is 2.75 bits per heavy atom. The standard InChI is InChI=1S/C13H10N2S/c1-15-10-6-3-2-5-9(10)14-13-11(15)7-4-8-12(13)16/h2-8H,1H3. The Morgan fingerprint density at radius 1 is 1.06 bits per heavy atom. The van der Waals surface area contributed by atoms with Crippen LogP contribution in [-0.4, -0.2) is 9.55 Å². The molecule has 3 heteroatoms. The molecule has 3 rings (SSSR count). The molecule has 0 amide bonds. The molecule has 0 bridgehead atoms. The Labute approximate surface area is 98.5 Å². The summed E-state index contributed by atoms with van der Waals surface area (Å²) in [6.45, 7) is 0. The Bertz CT molecular complexity index is 700. The fourth-order valence-electron chi connectivity index (χ4n) is 1.99. The Balaban J connectivity index is 2.61. The van der Waals surface area contributed by atoms with Crippen LogP contribution in [0.3, 0.4) is 0 Å². The van der Waals surface area contributed by atoms with Gasteiger partial charge in [0, 0.05) is 7.05 Å². The predicted molar refractivity (Wildman–Crippen MR) is 68.2 cm³/mol. The fraction of sp³-hybridized carbons (Fsp3) is 0.0769. The van der Waals surface area contributed by atoms with Crippen molar-refractivity contribution < 1.29 is 0 Å². The Hall–Kier alpha value is -1.74. The van der Waals surface area contributed by atoms with E-state index in [-0.39, 0.29) is 0 Å². The molecule has 0 radical (unpaired) electrons. The molecule has 16 heavy (non-hydrogen) atoms. The summed E-state index contributed by atoms with van der Waals surface area (Å²) in [5, 5.41) is 0. The maximum atomic E-state index is 5.30. The van der Waals surface area contributed by atoms with Crippen LogP contribution in [0.2, 0.25) is 0 Å². The third kappa shape index (κ3) is 1.25. The van der Waals surface area contributed by atoms with Crippen molar-refractivity contribution in [3.8, 4) is 11.4 Å². The van der Waals surface area contributed by atoms with Crippen LogP contribution in [0, 0.1) is 4.51 Å². The van der Waals surface area contributed by atoms with E-state index >= 15 is 0 Å². The lowest BCUT2D eigenvalue weighted by molar-refractivity contribution is 0.946. The highest BCUT2D eigenvalue weighted by molar-refractivity contribution is 7.71. The first-order valence-corrected chi connectivity index (χ1v) is 5.53. The van der Waals surface area contributed by atoms with Gasteiger partial charge in [0.25, 0.3) is 0 Å². The fourth-order valence-corrected chi connectivity index (χ4v) is 2.22. The van der Waals surface area contributed by atoms with Gasteiger partial charge >= 0.3 is 0 Å². The summed E-state index contributed by atoms with van der Waals surface area (Å²) >= 11 is 5.30. The van der Waals surface area contributed by atoms with E-state index in [9.17, 15) is 0 Å². The smallest absolute Gasteiger partial charge is 0.105 e. The topological polar surface area (TPSA) is 17.8 Å². The van der Waals surface area contributed by atoms with E-state index in [0.717, 1.165) is 26.9 Å². The van der Waals surface area contributed by atoms with E-state index in [4.69, 9.17) is 12.2 Å². The second-order valence-electron chi connectivity index (χ2n) is 3.78. The molecule has 0 unspecified atom stereocenters. The molecule has 0 saturated heterocycles. The molecule has 2 nitrogen and oxygen atoms in total. The number of para-hydroxylation sites is 3. The van der Waals surface area contributed by atoms with Gasteiger partial charge in [0.15, 0.2) is 0 Å². The van der Waals surface area contributed by atoms with Gasteiger partial charge < -0.3 is 4.57 Å². The number of rotatable bonds is 0. The highest BCUT2D eigenvalue weighted by atomic mass is 32.1. The maximum Gasteiger partial charge on any atom is 0.105 e. The molecular weight excluding hydrogens is 216 g/mol. The third-order valence-corrected chi connectivity index (χ3v) is 3.14. The number of nitrogens with zero attached hydrogens (tertiary/aromatic N) is 2. The second kappa shape index (κ2) is 3.39. The molecule has 1 heterocycles. The summed E-state index contributed by atoms with van der Waals surface area (Å²) < 4.78 is 2.94. The van der Waals surface area contributed by atoms with Crippen LogP contribution in [0.5, 0.6) is 0 Å². The van der Waals surface area contributed by atoms with Gasteiger partial charge in [-0.15, -0.1) is 0 Å². The molecule has 0 spiro atoms. The molecular formula is C13H10N2S. The van der Waals surface area contributed by atoms with E-state index in [2.05, 4.69) is 15.6 Å². The van der Waals surface area contributed by atoms with E-state index in [0.29, 0.717) is 0 Å². The molecule has 1 aliphatic heterocycles. The zero-order valence-corrected chi connectivity index (χ0v) is 9.66. The normalized spacial score (nSPS) is 11.1. The molecule has 1 aromatic carbocycles. The SMILES string of the molecule is Cn1c2cccc(=S)c-2nc2ccccc21. The van der Waals surface area contributed by atoms with Crippen molar-refractivity contribution in [1.29, 1.82) is 0 Å². The van der Waals surface area contributed by atoms with Crippen molar-refractivity contribution >= 4 is 23.3 Å². The van der Waals surface area contributed by atoms with Crippen molar-refractivity contribution in [3.63, 3.8) is 0 Å². The Morgan fingerprint density at radius 2 is 1.88 bits per heavy atom. The molecule has 1 aliphatic carbocycles. The summed E-state index contributed by atoms with van der Waals surface area (Å²) in [6, 6.07) is 14.0. The summed E-state index contributed by atoms with van der Waals surface area (Å²) in [5.41, 5.74) is 4.08. The highest BCUT2D eigenvalue weighted by Crippen LogP contribution is 2.24. The molecule has 78 valence electrons. The van der Waals surface area contributed by atoms with Gasteiger partial charge in [0.1, 0.15) is 5.69 Å². The summed E-state index contributed by atoms with van der Waals surface area (Å²) in [4.78, 5) is 4.61. The number of hydrogen-bond acceptors (Lipinski definition) is 2. The maximum absolute atomic E-state index is 5.30. The van der Waals surface area contributed by atoms with Crippen LogP contribution in [0.15, 0.2) is 42.5 Å². The molecule has 2 aliphatic rings. The van der Waals surface area contributed by atoms with Crippen molar-refractivity contribution in [2.45, 2.75) is 0 Å². The average molecular weight is 226 g/mol. The van der Waals surface area contributed by atoms with Crippen LogP contribution in [0.25, 0.3) is 22.4 Å². The zero-order chi connectivity index (χ0) is 11.1. The molecule has 0 fully saturated rings. The van der Waals surface area contributed by atoms with Gasteiger partial charge in [-0.3, -0.25) is 0 Å².